The molecule has 2 aromatic carbocycles. The third kappa shape index (κ3) is 3.34. The minimum Gasteiger partial charge on any atom is -0.448 e. The standard InChI is InChI=1S/C21H24N2O3/c1-2-23(17-8-4-3-5-9-17)15-20(24)22-16-10-11-18-19(14-16)26-21(25-18)12-6-7-13-21/h3-5,8-11,14H,2,6-7,12-13,15H2,1H3,(H,22,24). The van der Waals surface area contributed by atoms with Gasteiger partial charge < -0.3 is 19.7 Å². The van der Waals surface area contributed by atoms with Crippen LogP contribution >= 0.6 is 0 Å². The molecule has 1 aliphatic heterocycles. The molecule has 0 radical (unpaired) electrons. The van der Waals surface area contributed by atoms with E-state index >= 15 is 0 Å². The summed E-state index contributed by atoms with van der Waals surface area (Å²) in [7, 11) is 0. The average Bonchev–Trinajstić information content (AvgIpc) is 3.26. The monoisotopic (exact) mass is 352 g/mol. The lowest BCUT2D eigenvalue weighted by atomic mass is 10.2. The van der Waals surface area contributed by atoms with E-state index in [0.717, 1.165) is 55.1 Å². The summed E-state index contributed by atoms with van der Waals surface area (Å²) in [6, 6.07) is 15.6. The van der Waals surface area contributed by atoms with Crippen LogP contribution in [-0.2, 0) is 4.79 Å². The van der Waals surface area contributed by atoms with Crippen LogP contribution in [0, 0.1) is 0 Å². The first-order chi connectivity index (χ1) is 12.7. The molecule has 1 N–H and O–H groups in total. The Balaban J connectivity index is 1.41. The van der Waals surface area contributed by atoms with E-state index in [1.54, 1.807) is 0 Å². The first kappa shape index (κ1) is 16.8. The molecule has 0 saturated heterocycles. The molecule has 5 heteroatoms. The van der Waals surface area contributed by atoms with Gasteiger partial charge in [0.25, 0.3) is 5.79 Å². The van der Waals surface area contributed by atoms with Crippen LogP contribution in [0.4, 0.5) is 11.4 Å². The fraction of sp³-hybridized carbons (Fsp3) is 0.381. The number of para-hydroxylation sites is 1. The van der Waals surface area contributed by atoms with Gasteiger partial charge in [0.15, 0.2) is 11.5 Å². The SMILES string of the molecule is CCN(CC(=O)Nc1ccc2c(c1)OC1(CCCC1)O2)c1ccccc1. The zero-order valence-electron chi connectivity index (χ0n) is 15.0. The first-order valence-electron chi connectivity index (χ1n) is 9.29. The van der Waals surface area contributed by atoms with Gasteiger partial charge in [0.2, 0.25) is 5.91 Å². The molecule has 2 aliphatic rings. The molecule has 0 bridgehead atoms. The topological polar surface area (TPSA) is 50.8 Å². The molecule has 4 rings (SSSR count). The summed E-state index contributed by atoms with van der Waals surface area (Å²) in [5.41, 5.74) is 1.77. The van der Waals surface area contributed by atoms with E-state index < -0.39 is 5.79 Å². The molecule has 1 spiro atoms. The highest BCUT2D eigenvalue weighted by molar-refractivity contribution is 5.94. The largest absolute Gasteiger partial charge is 0.448 e. The first-order valence-corrected chi connectivity index (χ1v) is 9.29. The summed E-state index contributed by atoms with van der Waals surface area (Å²) >= 11 is 0. The van der Waals surface area contributed by atoms with Gasteiger partial charge in [0.1, 0.15) is 0 Å². The van der Waals surface area contributed by atoms with Crippen LogP contribution in [-0.4, -0.2) is 24.8 Å². The number of nitrogens with zero attached hydrogens (tertiary/aromatic N) is 1. The van der Waals surface area contributed by atoms with Gasteiger partial charge in [0.05, 0.1) is 6.54 Å². The summed E-state index contributed by atoms with van der Waals surface area (Å²) in [6.45, 7) is 3.11. The lowest BCUT2D eigenvalue weighted by molar-refractivity contribution is -0.115. The van der Waals surface area contributed by atoms with Crippen LogP contribution in [0.15, 0.2) is 48.5 Å². The van der Waals surface area contributed by atoms with Gasteiger partial charge in [-0.3, -0.25) is 4.79 Å². The van der Waals surface area contributed by atoms with Crippen molar-refractivity contribution in [1.82, 2.24) is 0 Å². The minimum absolute atomic E-state index is 0.0508. The lowest BCUT2D eigenvalue weighted by Crippen LogP contribution is -2.34. The number of nitrogens with one attached hydrogen (secondary N) is 1. The van der Waals surface area contributed by atoms with Crippen LogP contribution in [0.3, 0.4) is 0 Å². The highest BCUT2D eigenvalue weighted by Gasteiger charge is 2.44. The predicted octanol–water partition coefficient (Wildman–Crippen LogP) is 4.19. The second-order valence-electron chi connectivity index (χ2n) is 6.88. The fourth-order valence-electron chi connectivity index (χ4n) is 3.69. The number of anilines is 2. The molecule has 26 heavy (non-hydrogen) atoms. The second-order valence-corrected chi connectivity index (χ2v) is 6.88. The van der Waals surface area contributed by atoms with Crippen molar-refractivity contribution >= 4 is 17.3 Å². The molecule has 0 aromatic heterocycles. The normalized spacial score (nSPS) is 16.7. The Labute approximate surface area is 153 Å². The highest BCUT2D eigenvalue weighted by atomic mass is 16.7. The third-order valence-corrected chi connectivity index (χ3v) is 5.02. The molecule has 1 amide bonds. The Morgan fingerprint density at radius 2 is 1.81 bits per heavy atom. The minimum atomic E-state index is -0.475. The van der Waals surface area contributed by atoms with Crippen molar-refractivity contribution in [3.05, 3.63) is 48.5 Å². The maximum Gasteiger partial charge on any atom is 0.251 e. The highest BCUT2D eigenvalue weighted by Crippen LogP contribution is 2.47. The number of rotatable bonds is 5. The number of hydrogen-bond donors (Lipinski definition) is 1. The van der Waals surface area contributed by atoms with Gasteiger partial charge in [0, 0.05) is 36.8 Å². The molecule has 136 valence electrons. The molecule has 1 fully saturated rings. The number of amides is 1. The van der Waals surface area contributed by atoms with E-state index in [0.29, 0.717) is 6.54 Å². The molecular weight excluding hydrogens is 328 g/mol. The van der Waals surface area contributed by atoms with Crippen molar-refractivity contribution in [2.75, 3.05) is 23.3 Å². The molecule has 1 heterocycles. The Morgan fingerprint density at radius 3 is 2.54 bits per heavy atom. The average molecular weight is 352 g/mol. The smallest absolute Gasteiger partial charge is 0.251 e. The Hall–Kier alpha value is -2.69. The van der Waals surface area contributed by atoms with Crippen molar-refractivity contribution in [3.8, 4) is 11.5 Å². The van der Waals surface area contributed by atoms with Crippen molar-refractivity contribution in [1.29, 1.82) is 0 Å². The molecule has 0 unspecified atom stereocenters. The number of benzene rings is 2. The van der Waals surface area contributed by atoms with Gasteiger partial charge in [-0.15, -0.1) is 0 Å². The van der Waals surface area contributed by atoms with E-state index in [9.17, 15) is 4.79 Å². The van der Waals surface area contributed by atoms with Crippen molar-refractivity contribution in [2.24, 2.45) is 0 Å². The number of ether oxygens (including phenoxy) is 2. The van der Waals surface area contributed by atoms with E-state index in [4.69, 9.17) is 9.47 Å². The molecule has 2 aromatic rings. The van der Waals surface area contributed by atoms with Crippen molar-refractivity contribution in [3.63, 3.8) is 0 Å². The number of carbonyl (C=O) groups excluding carboxylic acids is 1. The van der Waals surface area contributed by atoms with Crippen LogP contribution in [0.25, 0.3) is 0 Å². The Kier molecular flexibility index (Phi) is 4.45. The summed E-state index contributed by atoms with van der Waals surface area (Å²) in [4.78, 5) is 14.5. The quantitative estimate of drug-likeness (QED) is 0.876. The molecule has 1 saturated carbocycles. The van der Waals surface area contributed by atoms with Crippen molar-refractivity contribution in [2.45, 2.75) is 38.4 Å². The van der Waals surface area contributed by atoms with Gasteiger partial charge in [-0.25, -0.2) is 0 Å². The summed E-state index contributed by atoms with van der Waals surface area (Å²) in [5.74, 6) is 0.965. The molecule has 5 nitrogen and oxygen atoms in total. The van der Waals surface area contributed by atoms with Gasteiger partial charge in [-0.2, -0.15) is 0 Å². The third-order valence-electron chi connectivity index (χ3n) is 5.02. The lowest BCUT2D eigenvalue weighted by Gasteiger charge is -2.22. The fourth-order valence-corrected chi connectivity index (χ4v) is 3.69. The van der Waals surface area contributed by atoms with Gasteiger partial charge in [-0.1, -0.05) is 18.2 Å². The van der Waals surface area contributed by atoms with E-state index in [1.807, 2.05) is 60.4 Å². The van der Waals surface area contributed by atoms with Gasteiger partial charge in [-0.05, 0) is 44.0 Å². The van der Waals surface area contributed by atoms with Crippen LogP contribution < -0.4 is 19.7 Å². The summed E-state index contributed by atoms with van der Waals surface area (Å²) < 4.78 is 12.1. The summed E-state index contributed by atoms with van der Waals surface area (Å²) in [6.07, 6.45) is 4.10. The number of hydrogen-bond acceptors (Lipinski definition) is 4. The van der Waals surface area contributed by atoms with Crippen LogP contribution in [0.1, 0.15) is 32.6 Å². The maximum atomic E-state index is 12.5. The number of carbonyl (C=O) groups is 1. The predicted molar refractivity (Wildman–Crippen MR) is 102 cm³/mol. The molecule has 0 atom stereocenters. The Morgan fingerprint density at radius 1 is 1.08 bits per heavy atom. The van der Waals surface area contributed by atoms with Gasteiger partial charge >= 0.3 is 0 Å². The zero-order chi connectivity index (χ0) is 18.0. The zero-order valence-corrected chi connectivity index (χ0v) is 15.0. The number of likely N-dealkylation sites (N-methyl/N-ethyl adjacent to an activating group) is 1. The Bertz CT molecular complexity index is 785. The van der Waals surface area contributed by atoms with E-state index in [1.165, 1.54) is 0 Å². The molecule has 1 aliphatic carbocycles. The maximum absolute atomic E-state index is 12.5. The number of fused-ring (bicyclic) bond motifs is 1. The van der Waals surface area contributed by atoms with E-state index in [-0.39, 0.29) is 5.91 Å². The van der Waals surface area contributed by atoms with Crippen LogP contribution in [0.2, 0.25) is 0 Å². The second kappa shape index (κ2) is 6.90. The van der Waals surface area contributed by atoms with Crippen LogP contribution in [0.5, 0.6) is 11.5 Å². The van der Waals surface area contributed by atoms with E-state index in [2.05, 4.69) is 5.32 Å². The van der Waals surface area contributed by atoms with Crippen molar-refractivity contribution < 1.29 is 14.3 Å². The summed E-state index contributed by atoms with van der Waals surface area (Å²) in [5, 5.41) is 2.97. The molecular formula is C21H24N2O3.